The van der Waals surface area contributed by atoms with Crippen molar-refractivity contribution < 1.29 is 27.5 Å². The van der Waals surface area contributed by atoms with E-state index in [2.05, 4.69) is 4.74 Å². The summed E-state index contributed by atoms with van der Waals surface area (Å²) in [6, 6.07) is 5.07. The van der Waals surface area contributed by atoms with E-state index >= 15 is 0 Å². The van der Waals surface area contributed by atoms with Crippen molar-refractivity contribution in [2.75, 3.05) is 14.2 Å². The van der Waals surface area contributed by atoms with Crippen LogP contribution in [0.4, 0.5) is 13.2 Å². The Bertz CT molecular complexity index is 497. The lowest BCUT2D eigenvalue weighted by atomic mass is 10.0. The summed E-state index contributed by atoms with van der Waals surface area (Å²) < 4.78 is 41.5. The summed E-state index contributed by atoms with van der Waals surface area (Å²) in [5, 5.41) is 0. The van der Waals surface area contributed by atoms with Crippen molar-refractivity contribution in [1.82, 2.24) is 4.90 Å². The van der Waals surface area contributed by atoms with Gasteiger partial charge in [0, 0.05) is 7.05 Å². The van der Waals surface area contributed by atoms with Crippen LogP contribution in [-0.4, -0.2) is 37.1 Å². The Morgan fingerprint density at radius 1 is 1.20 bits per heavy atom. The molecule has 1 atom stereocenters. The number of rotatable bonds is 3. The van der Waals surface area contributed by atoms with Crippen molar-refractivity contribution in [3.05, 3.63) is 35.4 Å². The first kappa shape index (κ1) is 16.0. The highest BCUT2D eigenvalue weighted by Gasteiger charge is 2.42. The summed E-state index contributed by atoms with van der Waals surface area (Å²) in [5.41, 5.74) is 0.769. The molecule has 0 aliphatic rings. The molecule has 110 valence electrons. The Morgan fingerprint density at radius 2 is 1.70 bits per heavy atom. The topological polar surface area (TPSA) is 46.6 Å². The molecular formula is C13H14F3NO3. The average Bonchev–Trinajstić information content (AvgIpc) is 2.43. The first-order valence-electron chi connectivity index (χ1n) is 5.70. The van der Waals surface area contributed by atoms with Gasteiger partial charge in [-0.3, -0.25) is 4.79 Å². The van der Waals surface area contributed by atoms with Crippen molar-refractivity contribution in [2.24, 2.45) is 0 Å². The van der Waals surface area contributed by atoms with Crippen LogP contribution in [0, 0.1) is 0 Å². The van der Waals surface area contributed by atoms with Crippen LogP contribution >= 0.6 is 0 Å². The lowest BCUT2D eigenvalue weighted by molar-refractivity contribution is -0.186. The number of alkyl halides is 3. The number of hydrogen-bond donors (Lipinski definition) is 0. The molecule has 0 spiro atoms. The lowest BCUT2D eigenvalue weighted by Gasteiger charge is -2.26. The highest BCUT2D eigenvalue weighted by atomic mass is 19.4. The molecule has 20 heavy (non-hydrogen) atoms. The summed E-state index contributed by atoms with van der Waals surface area (Å²) in [7, 11) is 2.31. The maximum atomic E-state index is 12.3. The monoisotopic (exact) mass is 289 g/mol. The lowest BCUT2D eigenvalue weighted by Crippen LogP contribution is -2.39. The largest absolute Gasteiger partial charge is 0.471 e. The van der Waals surface area contributed by atoms with Crippen LogP contribution in [0.1, 0.15) is 28.9 Å². The molecular weight excluding hydrogens is 275 g/mol. The average molecular weight is 289 g/mol. The molecule has 0 unspecified atom stereocenters. The van der Waals surface area contributed by atoms with Crippen LogP contribution in [0.25, 0.3) is 0 Å². The Balaban J connectivity index is 2.90. The highest BCUT2D eigenvalue weighted by molar-refractivity contribution is 5.89. The third-order valence-corrected chi connectivity index (χ3v) is 2.96. The number of methoxy groups -OCH3 is 1. The molecule has 1 aromatic rings. The van der Waals surface area contributed by atoms with Gasteiger partial charge >= 0.3 is 18.1 Å². The zero-order valence-electron chi connectivity index (χ0n) is 11.2. The second-order valence-electron chi connectivity index (χ2n) is 4.20. The van der Waals surface area contributed by atoms with E-state index in [1.807, 2.05) is 0 Å². The smallest absolute Gasteiger partial charge is 0.465 e. The molecule has 0 N–H and O–H groups in total. The van der Waals surface area contributed by atoms with E-state index in [4.69, 9.17) is 0 Å². The predicted molar refractivity (Wildman–Crippen MR) is 65.0 cm³/mol. The number of hydrogen-bond acceptors (Lipinski definition) is 3. The Kier molecular flexibility index (Phi) is 4.75. The van der Waals surface area contributed by atoms with Crippen molar-refractivity contribution in [3.8, 4) is 0 Å². The zero-order valence-corrected chi connectivity index (χ0v) is 11.2. The number of nitrogens with zero attached hydrogens (tertiary/aromatic N) is 1. The van der Waals surface area contributed by atoms with Gasteiger partial charge in [0.05, 0.1) is 18.7 Å². The number of halogens is 3. The van der Waals surface area contributed by atoms with Crippen LogP contribution in [0.5, 0.6) is 0 Å². The van der Waals surface area contributed by atoms with E-state index < -0.39 is 24.1 Å². The summed E-state index contributed by atoms with van der Waals surface area (Å²) >= 11 is 0. The maximum Gasteiger partial charge on any atom is 0.471 e. The van der Waals surface area contributed by atoms with E-state index in [9.17, 15) is 22.8 Å². The van der Waals surface area contributed by atoms with E-state index in [1.54, 1.807) is 0 Å². The minimum atomic E-state index is -4.91. The number of amides is 1. The summed E-state index contributed by atoms with van der Waals surface area (Å²) in [6.45, 7) is 1.47. The van der Waals surface area contributed by atoms with E-state index in [-0.39, 0.29) is 5.56 Å². The Morgan fingerprint density at radius 3 is 2.10 bits per heavy atom. The highest BCUT2D eigenvalue weighted by Crippen LogP contribution is 2.25. The van der Waals surface area contributed by atoms with Gasteiger partial charge in [0.15, 0.2) is 0 Å². The zero-order chi connectivity index (χ0) is 15.5. The minimum absolute atomic E-state index is 0.285. The fourth-order valence-corrected chi connectivity index (χ4v) is 1.62. The van der Waals surface area contributed by atoms with Gasteiger partial charge in [-0.25, -0.2) is 4.79 Å². The van der Waals surface area contributed by atoms with Crippen LogP contribution in [0.2, 0.25) is 0 Å². The molecule has 0 aliphatic heterocycles. The number of esters is 1. The second-order valence-corrected chi connectivity index (χ2v) is 4.20. The summed E-state index contributed by atoms with van der Waals surface area (Å²) in [4.78, 5) is 23.0. The van der Waals surface area contributed by atoms with Crippen molar-refractivity contribution in [2.45, 2.75) is 19.1 Å². The van der Waals surface area contributed by atoms with Crippen molar-refractivity contribution in [3.63, 3.8) is 0 Å². The molecule has 0 fully saturated rings. The van der Waals surface area contributed by atoms with Gasteiger partial charge in [-0.05, 0) is 24.6 Å². The molecule has 0 saturated heterocycles. The van der Waals surface area contributed by atoms with Crippen molar-refractivity contribution in [1.29, 1.82) is 0 Å². The molecule has 4 nitrogen and oxygen atoms in total. The number of carbonyl (C=O) groups is 2. The molecule has 1 amide bonds. The standard InChI is InChI=1S/C13H14F3NO3/c1-8(17(2)12(19)13(14,15)16)9-4-6-10(7-5-9)11(18)20-3/h4-8H,1-3H3/t8-/m0/s1. The molecule has 0 aromatic heterocycles. The molecule has 1 rings (SSSR count). The molecule has 7 heteroatoms. The van der Waals surface area contributed by atoms with Gasteiger partial charge in [-0.15, -0.1) is 0 Å². The first-order valence-corrected chi connectivity index (χ1v) is 5.70. The van der Waals surface area contributed by atoms with Crippen LogP contribution in [0.15, 0.2) is 24.3 Å². The predicted octanol–water partition coefficient (Wildman–Crippen LogP) is 2.55. The SMILES string of the molecule is COC(=O)c1ccc([C@H](C)N(C)C(=O)C(F)(F)F)cc1. The van der Waals surface area contributed by atoms with E-state index in [0.717, 1.165) is 7.05 Å². The normalized spacial score (nSPS) is 12.7. The molecule has 0 radical (unpaired) electrons. The van der Waals surface area contributed by atoms with E-state index in [0.29, 0.717) is 10.5 Å². The van der Waals surface area contributed by atoms with Gasteiger partial charge in [0.1, 0.15) is 0 Å². The Labute approximate surface area is 114 Å². The molecule has 1 aromatic carbocycles. The first-order chi connectivity index (χ1) is 9.18. The molecule has 0 heterocycles. The number of carbonyl (C=O) groups excluding carboxylic acids is 2. The third-order valence-electron chi connectivity index (χ3n) is 2.96. The number of benzene rings is 1. The van der Waals surface area contributed by atoms with Gasteiger partial charge in [0.25, 0.3) is 0 Å². The molecule has 0 bridgehead atoms. The van der Waals surface area contributed by atoms with Gasteiger partial charge in [-0.2, -0.15) is 13.2 Å². The fourth-order valence-electron chi connectivity index (χ4n) is 1.62. The summed E-state index contributed by atoms with van der Waals surface area (Å²) in [6.07, 6.45) is -4.91. The summed E-state index contributed by atoms with van der Waals surface area (Å²) in [5.74, 6) is -2.45. The van der Waals surface area contributed by atoms with Crippen LogP contribution < -0.4 is 0 Å². The van der Waals surface area contributed by atoms with Gasteiger partial charge in [0.2, 0.25) is 0 Å². The van der Waals surface area contributed by atoms with Gasteiger partial charge < -0.3 is 9.64 Å². The fraction of sp³-hybridized carbons (Fsp3) is 0.385. The molecule has 0 aliphatic carbocycles. The quantitative estimate of drug-likeness (QED) is 0.803. The van der Waals surface area contributed by atoms with E-state index in [1.165, 1.54) is 38.3 Å². The van der Waals surface area contributed by atoms with Gasteiger partial charge in [-0.1, -0.05) is 12.1 Å². The van der Waals surface area contributed by atoms with Crippen LogP contribution in [0.3, 0.4) is 0 Å². The van der Waals surface area contributed by atoms with Crippen LogP contribution in [-0.2, 0) is 9.53 Å². The third kappa shape index (κ3) is 3.49. The number of ether oxygens (including phenoxy) is 1. The van der Waals surface area contributed by atoms with Crippen molar-refractivity contribution >= 4 is 11.9 Å². The Hall–Kier alpha value is -2.05. The minimum Gasteiger partial charge on any atom is -0.465 e. The second kappa shape index (κ2) is 5.94. The molecule has 0 saturated carbocycles. The maximum absolute atomic E-state index is 12.3.